The van der Waals surface area contributed by atoms with Crippen molar-refractivity contribution in [3.63, 3.8) is 0 Å². The van der Waals surface area contributed by atoms with Crippen LogP contribution in [-0.4, -0.2) is 42.2 Å². The van der Waals surface area contributed by atoms with E-state index in [1.54, 1.807) is 38.0 Å². The van der Waals surface area contributed by atoms with E-state index in [1.807, 2.05) is 31.2 Å². The maximum atomic E-state index is 12.5. The van der Waals surface area contributed by atoms with Crippen LogP contribution in [0.15, 0.2) is 41.3 Å². The molecule has 0 bridgehead atoms. The molecule has 0 saturated heterocycles. The van der Waals surface area contributed by atoms with E-state index in [2.05, 4.69) is 11.8 Å². The van der Waals surface area contributed by atoms with Crippen molar-refractivity contribution in [2.24, 2.45) is 0 Å². The van der Waals surface area contributed by atoms with Crippen molar-refractivity contribution >= 4 is 5.65 Å². The molecule has 0 radical (unpaired) electrons. The molecule has 3 aromatic rings. The quantitative estimate of drug-likeness (QED) is 0.537. The Bertz CT molecular complexity index is 1050. The summed E-state index contributed by atoms with van der Waals surface area (Å²) in [6.07, 6.45) is 2.75. The topological polar surface area (TPSA) is 65.3 Å². The van der Waals surface area contributed by atoms with Crippen molar-refractivity contribution in [3.05, 3.63) is 63.7 Å². The molecule has 0 N–H and O–H groups in total. The third-order valence-corrected chi connectivity index (χ3v) is 4.93. The van der Waals surface area contributed by atoms with Crippen molar-refractivity contribution in [2.75, 3.05) is 27.9 Å². The first-order valence-corrected chi connectivity index (χ1v) is 9.99. The highest BCUT2D eigenvalue weighted by Crippen LogP contribution is 2.38. The normalized spacial score (nSPS) is 11.1. The molecule has 2 aromatic heterocycles. The summed E-state index contributed by atoms with van der Waals surface area (Å²) in [4.78, 5) is 19.5. The number of methoxy groups -OCH3 is 3. The number of hydrogen-bond acceptors (Lipinski definition) is 6. The smallest absolute Gasteiger partial charge is 0.258 e. The lowest BCUT2D eigenvalue weighted by Gasteiger charge is -2.23. The summed E-state index contributed by atoms with van der Waals surface area (Å²) in [5.74, 6) is 1.83. The maximum Gasteiger partial charge on any atom is 0.258 e. The van der Waals surface area contributed by atoms with Gasteiger partial charge < -0.3 is 14.2 Å². The molecule has 160 valence electrons. The fourth-order valence-electron chi connectivity index (χ4n) is 3.58. The second-order valence-electron chi connectivity index (χ2n) is 7.26. The van der Waals surface area contributed by atoms with Crippen molar-refractivity contribution in [1.82, 2.24) is 14.3 Å². The highest BCUT2D eigenvalue weighted by atomic mass is 16.5. The van der Waals surface area contributed by atoms with E-state index >= 15 is 0 Å². The minimum Gasteiger partial charge on any atom is -0.493 e. The summed E-state index contributed by atoms with van der Waals surface area (Å²) in [7, 11) is 4.81. The van der Waals surface area contributed by atoms with Gasteiger partial charge in [0.2, 0.25) is 5.75 Å². The van der Waals surface area contributed by atoms with E-state index < -0.39 is 0 Å². The first-order valence-electron chi connectivity index (χ1n) is 9.99. The van der Waals surface area contributed by atoms with Crippen LogP contribution < -0.4 is 19.8 Å². The van der Waals surface area contributed by atoms with Gasteiger partial charge in [0.05, 0.1) is 27.0 Å². The number of aryl methyl sites for hydroxylation is 1. The van der Waals surface area contributed by atoms with Crippen LogP contribution in [0.4, 0.5) is 0 Å². The second-order valence-corrected chi connectivity index (χ2v) is 7.26. The lowest BCUT2D eigenvalue weighted by Crippen LogP contribution is -2.26. The van der Waals surface area contributed by atoms with Crippen LogP contribution in [0.3, 0.4) is 0 Å². The van der Waals surface area contributed by atoms with Gasteiger partial charge >= 0.3 is 0 Å². The Morgan fingerprint density at radius 3 is 2.30 bits per heavy atom. The Labute approximate surface area is 176 Å². The Hall–Kier alpha value is -3.06. The molecule has 2 heterocycles. The van der Waals surface area contributed by atoms with E-state index in [4.69, 9.17) is 19.2 Å². The number of hydrogen-bond donors (Lipinski definition) is 0. The fourth-order valence-corrected chi connectivity index (χ4v) is 3.58. The van der Waals surface area contributed by atoms with Gasteiger partial charge in [-0.15, -0.1) is 0 Å². The van der Waals surface area contributed by atoms with Crippen LogP contribution in [0.5, 0.6) is 17.2 Å². The predicted octanol–water partition coefficient (Wildman–Crippen LogP) is 3.44. The fraction of sp³-hybridized carbons (Fsp3) is 0.391. The van der Waals surface area contributed by atoms with Gasteiger partial charge in [-0.05, 0) is 55.3 Å². The molecule has 0 aliphatic heterocycles. The minimum atomic E-state index is -0.0702. The third-order valence-electron chi connectivity index (χ3n) is 4.93. The van der Waals surface area contributed by atoms with Gasteiger partial charge in [-0.1, -0.05) is 6.92 Å². The molecule has 30 heavy (non-hydrogen) atoms. The van der Waals surface area contributed by atoms with Crippen LogP contribution in [-0.2, 0) is 13.1 Å². The van der Waals surface area contributed by atoms with Gasteiger partial charge in [0, 0.05) is 25.4 Å². The molecule has 1 aromatic carbocycles. The summed E-state index contributed by atoms with van der Waals surface area (Å²) < 4.78 is 17.9. The van der Waals surface area contributed by atoms with E-state index in [9.17, 15) is 4.79 Å². The van der Waals surface area contributed by atoms with Crippen LogP contribution in [0, 0.1) is 6.92 Å². The van der Waals surface area contributed by atoms with Crippen molar-refractivity contribution < 1.29 is 14.2 Å². The Morgan fingerprint density at radius 1 is 1.00 bits per heavy atom. The molecule has 0 saturated carbocycles. The first-order chi connectivity index (χ1) is 14.5. The molecule has 0 fully saturated rings. The molecule has 0 unspecified atom stereocenters. The van der Waals surface area contributed by atoms with Gasteiger partial charge in [-0.3, -0.25) is 14.1 Å². The number of rotatable bonds is 9. The molecule has 7 nitrogen and oxygen atoms in total. The van der Waals surface area contributed by atoms with Gasteiger partial charge in [0.15, 0.2) is 11.5 Å². The van der Waals surface area contributed by atoms with E-state index in [1.165, 1.54) is 0 Å². The number of benzene rings is 1. The Kier molecular flexibility index (Phi) is 6.95. The monoisotopic (exact) mass is 411 g/mol. The van der Waals surface area contributed by atoms with E-state index in [-0.39, 0.29) is 5.56 Å². The number of aromatic nitrogens is 2. The van der Waals surface area contributed by atoms with Gasteiger partial charge in [0.25, 0.3) is 5.56 Å². The van der Waals surface area contributed by atoms with Gasteiger partial charge in [-0.25, -0.2) is 4.98 Å². The number of ether oxygens (including phenoxy) is 3. The molecule has 0 spiro atoms. The van der Waals surface area contributed by atoms with E-state index in [0.717, 1.165) is 29.8 Å². The molecule has 0 aliphatic rings. The average molecular weight is 412 g/mol. The molecule has 0 aliphatic carbocycles. The summed E-state index contributed by atoms with van der Waals surface area (Å²) in [6.45, 7) is 6.23. The average Bonchev–Trinajstić information content (AvgIpc) is 2.72. The van der Waals surface area contributed by atoms with Crippen LogP contribution >= 0.6 is 0 Å². The standard InChI is InChI=1S/C23H29N3O4/c1-6-8-25(14-17-11-19(28-3)23(30-5)20(12-17)29-4)15-18-13-22(27)26-9-7-16(2)10-21(26)24-18/h7,9-13H,6,8,14-15H2,1-5H3. The summed E-state index contributed by atoms with van der Waals surface area (Å²) in [5, 5.41) is 0. The van der Waals surface area contributed by atoms with Crippen molar-refractivity contribution in [1.29, 1.82) is 0 Å². The zero-order valence-corrected chi connectivity index (χ0v) is 18.3. The zero-order valence-electron chi connectivity index (χ0n) is 18.3. The first kappa shape index (κ1) is 21.6. The van der Waals surface area contributed by atoms with E-state index in [0.29, 0.717) is 36.0 Å². The zero-order chi connectivity index (χ0) is 21.7. The van der Waals surface area contributed by atoms with Crippen LogP contribution in [0.1, 0.15) is 30.2 Å². The summed E-state index contributed by atoms with van der Waals surface area (Å²) >= 11 is 0. The van der Waals surface area contributed by atoms with Gasteiger partial charge in [0.1, 0.15) is 5.65 Å². The Morgan fingerprint density at radius 2 is 1.70 bits per heavy atom. The van der Waals surface area contributed by atoms with Gasteiger partial charge in [-0.2, -0.15) is 0 Å². The SMILES string of the molecule is CCCN(Cc1cc(OC)c(OC)c(OC)c1)Cc1cc(=O)n2ccc(C)cc2n1. The molecular formula is C23H29N3O4. The molecular weight excluding hydrogens is 382 g/mol. The molecule has 0 atom stereocenters. The van der Waals surface area contributed by atoms with Crippen molar-refractivity contribution in [2.45, 2.75) is 33.4 Å². The third kappa shape index (κ3) is 4.74. The predicted molar refractivity (Wildman–Crippen MR) is 117 cm³/mol. The van der Waals surface area contributed by atoms with Crippen LogP contribution in [0.2, 0.25) is 0 Å². The summed E-state index contributed by atoms with van der Waals surface area (Å²) in [6, 6.07) is 9.35. The second kappa shape index (κ2) is 9.63. The minimum absolute atomic E-state index is 0.0702. The maximum absolute atomic E-state index is 12.5. The number of pyridine rings is 1. The Balaban J connectivity index is 1.90. The molecule has 7 heteroatoms. The lowest BCUT2D eigenvalue weighted by molar-refractivity contribution is 0.252. The van der Waals surface area contributed by atoms with Crippen LogP contribution in [0.25, 0.3) is 5.65 Å². The molecule has 3 rings (SSSR count). The molecule has 0 amide bonds. The van der Waals surface area contributed by atoms with Crippen molar-refractivity contribution in [3.8, 4) is 17.2 Å². The highest BCUT2D eigenvalue weighted by molar-refractivity contribution is 5.53. The number of nitrogens with zero attached hydrogens (tertiary/aromatic N) is 3. The highest BCUT2D eigenvalue weighted by Gasteiger charge is 2.16. The number of fused-ring (bicyclic) bond motifs is 1. The largest absolute Gasteiger partial charge is 0.493 e. The lowest BCUT2D eigenvalue weighted by atomic mass is 10.1. The summed E-state index contributed by atoms with van der Waals surface area (Å²) in [5.41, 5.74) is 3.46.